The van der Waals surface area contributed by atoms with Gasteiger partial charge in [-0.3, -0.25) is 0 Å². The van der Waals surface area contributed by atoms with E-state index >= 15 is 0 Å². The van der Waals surface area contributed by atoms with Crippen LogP contribution in [0.2, 0.25) is 0 Å². The SMILES string of the molecule is CC(C)CP(I)C(C)(C)C. The summed E-state index contributed by atoms with van der Waals surface area (Å²) in [5.74, 6) is 0.863. The van der Waals surface area contributed by atoms with Crippen LogP contribution in [-0.4, -0.2) is 11.3 Å². The first-order valence-electron chi connectivity index (χ1n) is 3.77. The predicted octanol–water partition coefficient (Wildman–Crippen LogP) is 4.27. The summed E-state index contributed by atoms with van der Waals surface area (Å²) in [5, 5.41) is 0.542. The van der Waals surface area contributed by atoms with E-state index in [-0.39, 0.29) is 5.56 Å². The molecule has 0 aliphatic carbocycles. The average Bonchev–Trinajstić information content (AvgIpc) is 1.60. The van der Waals surface area contributed by atoms with Crippen molar-refractivity contribution in [3.05, 3.63) is 0 Å². The summed E-state index contributed by atoms with van der Waals surface area (Å²) in [6.45, 7) is 11.6. The molecule has 1 atom stereocenters. The van der Waals surface area contributed by atoms with Crippen LogP contribution >= 0.6 is 27.6 Å². The Kier molecular flexibility index (Phi) is 4.74. The minimum absolute atomic E-state index is 0.209. The minimum Gasteiger partial charge on any atom is -0.0624 e. The van der Waals surface area contributed by atoms with Crippen LogP contribution in [0.25, 0.3) is 0 Å². The summed E-state index contributed by atoms with van der Waals surface area (Å²) < 4.78 is 0. The Bertz CT molecular complexity index is 93.9. The van der Waals surface area contributed by atoms with E-state index in [1.807, 2.05) is 0 Å². The molecule has 0 amide bonds. The number of rotatable bonds is 2. The summed E-state index contributed by atoms with van der Waals surface area (Å²) in [6, 6.07) is 0. The summed E-state index contributed by atoms with van der Waals surface area (Å²) in [5.41, 5.74) is 0.209. The lowest BCUT2D eigenvalue weighted by Gasteiger charge is -2.27. The molecule has 0 aromatic rings. The van der Waals surface area contributed by atoms with Gasteiger partial charge in [0.05, 0.1) is 0 Å². The Morgan fingerprint density at radius 2 is 1.70 bits per heavy atom. The maximum Gasteiger partial charge on any atom is -0.00890 e. The molecular weight excluding hydrogens is 254 g/mol. The largest absolute Gasteiger partial charge is 0.0624 e. The number of hydrogen-bond acceptors (Lipinski definition) is 0. The third-order valence-electron chi connectivity index (χ3n) is 1.25. The lowest BCUT2D eigenvalue weighted by molar-refractivity contribution is 0.723. The highest BCUT2D eigenvalue weighted by molar-refractivity contribution is 14.2. The first kappa shape index (κ1) is 11.2. The smallest absolute Gasteiger partial charge is 0.00890 e. The van der Waals surface area contributed by atoms with Gasteiger partial charge < -0.3 is 0 Å². The van der Waals surface area contributed by atoms with Crippen LogP contribution in [0, 0.1) is 5.92 Å². The highest BCUT2D eigenvalue weighted by Crippen LogP contribution is 2.57. The van der Waals surface area contributed by atoms with Gasteiger partial charge in [0.1, 0.15) is 0 Å². The zero-order chi connectivity index (χ0) is 8.36. The molecule has 1 unspecified atom stereocenters. The van der Waals surface area contributed by atoms with Crippen molar-refractivity contribution in [2.24, 2.45) is 5.92 Å². The lowest BCUT2D eigenvalue weighted by Crippen LogP contribution is -2.11. The van der Waals surface area contributed by atoms with Gasteiger partial charge in [0.15, 0.2) is 0 Å². The molecule has 0 N–H and O–H groups in total. The molecule has 62 valence electrons. The quantitative estimate of drug-likeness (QED) is 0.520. The van der Waals surface area contributed by atoms with Crippen molar-refractivity contribution in [1.82, 2.24) is 0 Å². The van der Waals surface area contributed by atoms with Gasteiger partial charge in [0.2, 0.25) is 0 Å². The fourth-order valence-electron chi connectivity index (χ4n) is 0.594. The van der Waals surface area contributed by atoms with Crippen molar-refractivity contribution < 1.29 is 0 Å². The van der Waals surface area contributed by atoms with Crippen LogP contribution in [0.4, 0.5) is 0 Å². The molecule has 0 heterocycles. The highest BCUT2D eigenvalue weighted by Gasteiger charge is 2.21. The first-order valence-corrected chi connectivity index (χ1v) is 8.08. The van der Waals surface area contributed by atoms with Crippen LogP contribution in [0.5, 0.6) is 0 Å². The van der Waals surface area contributed by atoms with Crippen LogP contribution in [0.1, 0.15) is 34.6 Å². The molecule has 0 radical (unpaired) electrons. The Labute approximate surface area is 79.4 Å². The van der Waals surface area contributed by atoms with Gasteiger partial charge in [-0.25, -0.2) is 0 Å². The van der Waals surface area contributed by atoms with Gasteiger partial charge in [0.25, 0.3) is 0 Å². The van der Waals surface area contributed by atoms with Crippen molar-refractivity contribution in [1.29, 1.82) is 0 Å². The average molecular weight is 272 g/mol. The van der Waals surface area contributed by atoms with E-state index in [1.165, 1.54) is 6.16 Å². The monoisotopic (exact) mass is 272 g/mol. The summed E-state index contributed by atoms with van der Waals surface area (Å²) in [4.78, 5) is 0. The molecular formula is C8H18IP. The Balaban J connectivity index is 3.73. The molecule has 0 fully saturated rings. The lowest BCUT2D eigenvalue weighted by atomic mass is 10.2. The zero-order valence-corrected chi connectivity index (χ0v) is 10.7. The van der Waals surface area contributed by atoms with E-state index in [0.29, 0.717) is 5.16 Å². The minimum atomic E-state index is 0.209. The maximum absolute atomic E-state index is 2.63. The van der Waals surface area contributed by atoms with Crippen molar-refractivity contribution in [2.45, 2.75) is 39.8 Å². The normalized spacial score (nSPS) is 15.9. The summed E-state index contributed by atoms with van der Waals surface area (Å²) >= 11 is 2.63. The van der Waals surface area contributed by atoms with Crippen LogP contribution in [-0.2, 0) is 0 Å². The second kappa shape index (κ2) is 4.25. The van der Waals surface area contributed by atoms with E-state index in [2.05, 4.69) is 56.7 Å². The van der Waals surface area contributed by atoms with Gasteiger partial charge in [-0.2, -0.15) is 0 Å². The third-order valence-corrected chi connectivity index (χ3v) is 9.28. The molecule has 0 aromatic carbocycles. The Morgan fingerprint density at radius 1 is 1.30 bits per heavy atom. The molecule has 0 saturated carbocycles. The Morgan fingerprint density at radius 3 is 1.80 bits per heavy atom. The molecule has 0 saturated heterocycles. The van der Waals surface area contributed by atoms with Crippen LogP contribution in [0.15, 0.2) is 0 Å². The van der Waals surface area contributed by atoms with E-state index in [0.717, 1.165) is 5.92 Å². The van der Waals surface area contributed by atoms with Crippen LogP contribution < -0.4 is 0 Å². The summed E-state index contributed by atoms with van der Waals surface area (Å²) in [6.07, 6.45) is 1.40. The summed E-state index contributed by atoms with van der Waals surface area (Å²) in [7, 11) is 0. The fourth-order valence-corrected chi connectivity index (χ4v) is 4.15. The first-order chi connectivity index (χ1) is 4.34. The molecule has 0 spiro atoms. The van der Waals surface area contributed by atoms with E-state index in [9.17, 15) is 0 Å². The number of halogens is 1. The topological polar surface area (TPSA) is 0 Å². The van der Waals surface area contributed by atoms with Gasteiger partial charge in [-0.15, -0.1) is 0 Å². The van der Waals surface area contributed by atoms with Gasteiger partial charge in [-0.05, 0) is 22.8 Å². The molecule has 2 heteroatoms. The van der Waals surface area contributed by atoms with E-state index in [4.69, 9.17) is 0 Å². The highest BCUT2D eigenvalue weighted by atomic mass is 127. The maximum atomic E-state index is 2.63. The van der Waals surface area contributed by atoms with Gasteiger partial charge in [-0.1, -0.05) is 56.7 Å². The van der Waals surface area contributed by atoms with Gasteiger partial charge >= 0.3 is 0 Å². The van der Waals surface area contributed by atoms with Crippen molar-refractivity contribution in [2.75, 3.05) is 6.16 Å². The second-order valence-corrected chi connectivity index (χ2v) is 10.0. The molecule has 0 aromatic heterocycles. The van der Waals surface area contributed by atoms with Crippen molar-refractivity contribution in [3.63, 3.8) is 0 Å². The predicted molar refractivity (Wildman–Crippen MR) is 60.4 cm³/mol. The van der Waals surface area contributed by atoms with E-state index in [1.54, 1.807) is 0 Å². The number of hydrogen-bond donors (Lipinski definition) is 0. The zero-order valence-electron chi connectivity index (χ0n) is 7.61. The van der Waals surface area contributed by atoms with Crippen molar-refractivity contribution >= 4 is 27.6 Å². The standard InChI is InChI=1S/C8H18IP/c1-7(2)6-10(9)8(3,4)5/h7H,6H2,1-5H3. The molecule has 0 nitrogen and oxygen atoms in total. The molecule has 0 aliphatic heterocycles. The molecule has 10 heavy (non-hydrogen) atoms. The fraction of sp³-hybridized carbons (Fsp3) is 1.00. The third kappa shape index (κ3) is 4.90. The van der Waals surface area contributed by atoms with E-state index < -0.39 is 0 Å². The Hall–Kier alpha value is 1.16. The van der Waals surface area contributed by atoms with Crippen LogP contribution in [0.3, 0.4) is 0 Å². The molecule has 0 rings (SSSR count). The second-order valence-electron chi connectivity index (χ2n) is 4.11. The van der Waals surface area contributed by atoms with Gasteiger partial charge in [0, 0.05) is 0 Å². The molecule has 0 aliphatic rings. The molecule has 0 bridgehead atoms. The van der Waals surface area contributed by atoms with Crippen molar-refractivity contribution in [3.8, 4) is 0 Å².